The third-order valence-electron chi connectivity index (χ3n) is 4.09. The fraction of sp³-hybridized carbons (Fsp3) is 0.235. The van der Waals surface area contributed by atoms with Gasteiger partial charge in [-0.1, -0.05) is 30.3 Å². The molecule has 1 amide bonds. The molecule has 4 rings (SSSR count). The van der Waals surface area contributed by atoms with Gasteiger partial charge in [0.2, 0.25) is 0 Å². The molecule has 116 valence electrons. The van der Waals surface area contributed by atoms with Gasteiger partial charge in [0.05, 0.1) is 13.2 Å². The second-order valence-electron chi connectivity index (χ2n) is 5.55. The number of aromatic amines is 1. The molecule has 0 spiro atoms. The van der Waals surface area contributed by atoms with Crippen molar-refractivity contribution in [1.29, 1.82) is 0 Å². The van der Waals surface area contributed by atoms with E-state index in [1.54, 1.807) is 18.2 Å². The molecule has 1 fully saturated rings. The summed E-state index contributed by atoms with van der Waals surface area (Å²) in [5, 5.41) is 10.6. The third-order valence-corrected chi connectivity index (χ3v) is 4.09. The van der Waals surface area contributed by atoms with Crippen LogP contribution in [0.2, 0.25) is 0 Å². The van der Waals surface area contributed by atoms with E-state index in [9.17, 15) is 4.79 Å². The van der Waals surface area contributed by atoms with Crippen molar-refractivity contribution in [2.24, 2.45) is 0 Å². The number of carbonyl (C=O) groups excluding carboxylic acids is 1. The van der Waals surface area contributed by atoms with Crippen molar-refractivity contribution in [1.82, 2.24) is 20.3 Å². The molecule has 1 aromatic heterocycles. The Bertz CT molecular complexity index is 831. The van der Waals surface area contributed by atoms with Crippen LogP contribution in [0, 0.1) is 0 Å². The number of carbonyl (C=O) groups is 1. The van der Waals surface area contributed by atoms with Crippen LogP contribution in [0.5, 0.6) is 0 Å². The van der Waals surface area contributed by atoms with E-state index >= 15 is 0 Å². The summed E-state index contributed by atoms with van der Waals surface area (Å²) in [7, 11) is 0. The number of nitrogens with one attached hydrogen (secondary N) is 1. The molecule has 0 bridgehead atoms. The average molecular weight is 308 g/mol. The molecule has 0 saturated carbocycles. The van der Waals surface area contributed by atoms with E-state index in [1.807, 2.05) is 35.2 Å². The molecule has 6 nitrogen and oxygen atoms in total. The molecule has 1 aliphatic heterocycles. The summed E-state index contributed by atoms with van der Waals surface area (Å²) >= 11 is 0. The second-order valence-corrected chi connectivity index (χ2v) is 5.55. The minimum Gasteiger partial charge on any atom is -0.370 e. The Morgan fingerprint density at radius 1 is 1.13 bits per heavy atom. The number of ether oxygens (including phenoxy) is 1. The molecule has 3 aromatic rings. The Morgan fingerprint density at radius 2 is 1.96 bits per heavy atom. The van der Waals surface area contributed by atoms with E-state index in [0.29, 0.717) is 30.8 Å². The van der Waals surface area contributed by atoms with Crippen LogP contribution in [-0.4, -0.2) is 45.9 Å². The van der Waals surface area contributed by atoms with E-state index in [4.69, 9.17) is 4.74 Å². The largest absolute Gasteiger partial charge is 0.370 e. The third kappa shape index (κ3) is 2.68. The average Bonchev–Trinajstić information content (AvgIpc) is 3.09. The number of fused-ring (bicyclic) bond motifs is 1. The van der Waals surface area contributed by atoms with Gasteiger partial charge in [-0.25, -0.2) is 0 Å². The summed E-state index contributed by atoms with van der Waals surface area (Å²) in [5.74, 6) is -0.000805. The van der Waals surface area contributed by atoms with Gasteiger partial charge in [-0.2, -0.15) is 15.4 Å². The Labute approximate surface area is 133 Å². The first-order chi connectivity index (χ1) is 11.3. The number of nitrogens with zero attached hydrogens (tertiary/aromatic N) is 3. The molecule has 0 radical (unpaired) electrons. The number of hydrogen-bond acceptors (Lipinski definition) is 4. The molecule has 6 heteroatoms. The predicted octanol–water partition coefficient (Wildman–Crippen LogP) is 2.17. The van der Waals surface area contributed by atoms with Crippen LogP contribution < -0.4 is 0 Å². The predicted molar refractivity (Wildman–Crippen MR) is 84.9 cm³/mol. The Balaban J connectivity index is 1.55. The molecule has 0 unspecified atom stereocenters. The highest BCUT2D eigenvalue weighted by molar-refractivity contribution is 5.97. The second kappa shape index (κ2) is 5.81. The lowest BCUT2D eigenvalue weighted by atomic mass is 10.1. The van der Waals surface area contributed by atoms with Crippen LogP contribution in [0.15, 0.2) is 48.5 Å². The molecule has 23 heavy (non-hydrogen) atoms. The fourth-order valence-corrected chi connectivity index (χ4v) is 2.86. The van der Waals surface area contributed by atoms with Gasteiger partial charge in [0.25, 0.3) is 5.91 Å². The number of morpholine rings is 1. The number of rotatable bonds is 2. The van der Waals surface area contributed by atoms with Crippen LogP contribution in [0.4, 0.5) is 0 Å². The van der Waals surface area contributed by atoms with Crippen LogP contribution in [0.25, 0.3) is 11.0 Å². The summed E-state index contributed by atoms with van der Waals surface area (Å²) in [6.45, 7) is 1.69. The summed E-state index contributed by atoms with van der Waals surface area (Å²) in [4.78, 5) is 14.6. The van der Waals surface area contributed by atoms with Crippen LogP contribution in [-0.2, 0) is 4.74 Å². The van der Waals surface area contributed by atoms with E-state index in [1.165, 1.54) is 0 Å². The molecule has 1 N–H and O–H groups in total. The van der Waals surface area contributed by atoms with Gasteiger partial charge in [-0.15, -0.1) is 0 Å². The monoisotopic (exact) mass is 308 g/mol. The summed E-state index contributed by atoms with van der Waals surface area (Å²) in [6, 6.07) is 15.4. The van der Waals surface area contributed by atoms with Crippen molar-refractivity contribution < 1.29 is 9.53 Å². The Hall–Kier alpha value is -2.73. The molecule has 2 heterocycles. The van der Waals surface area contributed by atoms with Gasteiger partial charge >= 0.3 is 0 Å². The minimum atomic E-state index is -0.0790. The smallest absolute Gasteiger partial charge is 0.254 e. The lowest BCUT2D eigenvalue weighted by molar-refractivity contribution is -0.0228. The zero-order chi connectivity index (χ0) is 15.6. The lowest BCUT2D eigenvalue weighted by Gasteiger charge is -2.33. The zero-order valence-corrected chi connectivity index (χ0v) is 12.5. The normalized spacial score (nSPS) is 18.3. The van der Waals surface area contributed by atoms with Crippen molar-refractivity contribution >= 4 is 16.9 Å². The van der Waals surface area contributed by atoms with E-state index in [2.05, 4.69) is 15.4 Å². The van der Waals surface area contributed by atoms with Crippen LogP contribution in [0.3, 0.4) is 0 Å². The quantitative estimate of drug-likeness (QED) is 0.787. The van der Waals surface area contributed by atoms with E-state index in [0.717, 1.165) is 11.1 Å². The number of H-pyrrole nitrogens is 1. The molecule has 1 aliphatic rings. The van der Waals surface area contributed by atoms with Crippen molar-refractivity contribution in [3.05, 3.63) is 59.7 Å². The maximum atomic E-state index is 12.8. The van der Waals surface area contributed by atoms with Gasteiger partial charge in [-0.3, -0.25) is 4.79 Å². The minimum absolute atomic E-state index is 0.000805. The van der Waals surface area contributed by atoms with Crippen LogP contribution >= 0.6 is 0 Å². The summed E-state index contributed by atoms with van der Waals surface area (Å²) in [5.41, 5.74) is 3.17. The first-order valence-electron chi connectivity index (χ1n) is 7.57. The van der Waals surface area contributed by atoms with Gasteiger partial charge in [0, 0.05) is 12.1 Å². The highest BCUT2D eigenvalue weighted by Crippen LogP contribution is 2.23. The van der Waals surface area contributed by atoms with Gasteiger partial charge in [0.1, 0.15) is 17.1 Å². The SMILES string of the molecule is O=C(c1ccc2n[nH]nc2c1)N1CCO[C@@H](c2ccccc2)C1. The van der Waals surface area contributed by atoms with Crippen molar-refractivity contribution in [3.63, 3.8) is 0 Å². The van der Waals surface area contributed by atoms with Crippen molar-refractivity contribution in [2.45, 2.75) is 6.10 Å². The molecular weight excluding hydrogens is 292 g/mol. The molecule has 0 aliphatic carbocycles. The first kappa shape index (κ1) is 13.9. The Kier molecular flexibility index (Phi) is 3.51. The number of aromatic nitrogens is 3. The Morgan fingerprint density at radius 3 is 2.83 bits per heavy atom. The van der Waals surface area contributed by atoms with Gasteiger partial charge < -0.3 is 9.64 Å². The summed E-state index contributed by atoms with van der Waals surface area (Å²) in [6.07, 6.45) is -0.0790. The standard InChI is InChI=1S/C17H16N4O2/c22-17(13-6-7-14-15(10-13)19-20-18-14)21-8-9-23-16(11-21)12-4-2-1-3-5-12/h1-7,10,16H,8-9,11H2,(H,18,19,20)/t16-/m1/s1. The van der Waals surface area contributed by atoms with Crippen molar-refractivity contribution in [3.8, 4) is 0 Å². The first-order valence-corrected chi connectivity index (χ1v) is 7.57. The number of hydrogen-bond donors (Lipinski definition) is 1. The molecule has 1 saturated heterocycles. The van der Waals surface area contributed by atoms with E-state index < -0.39 is 0 Å². The maximum absolute atomic E-state index is 12.8. The summed E-state index contributed by atoms with van der Waals surface area (Å²) < 4.78 is 5.82. The molecule has 2 aromatic carbocycles. The van der Waals surface area contributed by atoms with Gasteiger partial charge in [0.15, 0.2) is 0 Å². The number of benzene rings is 2. The van der Waals surface area contributed by atoms with Gasteiger partial charge in [-0.05, 0) is 23.8 Å². The lowest BCUT2D eigenvalue weighted by Crippen LogP contribution is -2.42. The zero-order valence-electron chi connectivity index (χ0n) is 12.5. The topological polar surface area (TPSA) is 71.1 Å². The fourth-order valence-electron chi connectivity index (χ4n) is 2.86. The highest BCUT2D eigenvalue weighted by Gasteiger charge is 2.26. The maximum Gasteiger partial charge on any atom is 0.254 e. The molecule has 1 atom stereocenters. The molecular formula is C17H16N4O2. The van der Waals surface area contributed by atoms with Crippen LogP contribution in [0.1, 0.15) is 22.0 Å². The highest BCUT2D eigenvalue weighted by atomic mass is 16.5. The number of amides is 1. The van der Waals surface area contributed by atoms with Crippen molar-refractivity contribution in [2.75, 3.05) is 19.7 Å². The van der Waals surface area contributed by atoms with E-state index in [-0.39, 0.29) is 12.0 Å².